The van der Waals surface area contributed by atoms with E-state index in [-0.39, 0.29) is 4.90 Å². The molecule has 5 N–H and O–H groups in total. The molecule has 1 aromatic carbocycles. The highest BCUT2D eigenvalue weighted by Crippen LogP contribution is 2.08. The lowest BCUT2D eigenvalue weighted by molar-refractivity contribution is -0.141. The van der Waals surface area contributed by atoms with E-state index < -0.39 is 35.3 Å². The monoisotopic (exact) mass is 324 g/mol. The number of rotatable bonds is 3. The highest BCUT2D eigenvalue weighted by Gasteiger charge is 2.06. The molecule has 21 heavy (non-hydrogen) atoms. The predicted molar refractivity (Wildman–Crippen MR) is 70.4 cm³/mol. The summed E-state index contributed by atoms with van der Waals surface area (Å²) in [7, 11) is -4.02. The molecule has 1 rings (SSSR count). The van der Waals surface area contributed by atoms with Gasteiger partial charge in [0.25, 0.3) is 10.1 Å². The number of carbonyl (C=O) groups is 2. The summed E-state index contributed by atoms with van der Waals surface area (Å²) in [5.74, 6) is -2.38. The molecule has 0 bridgehead atoms. The Bertz CT molecular complexity index is 519. The van der Waals surface area contributed by atoms with Gasteiger partial charge < -0.3 is 20.4 Å². The highest BCUT2D eigenvalue weighted by molar-refractivity contribution is 7.85. The van der Waals surface area contributed by atoms with E-state index in [9.17, 15) is 8.42 Å². The molecule has 0 unspecified atom stereocenters. The van der Waals surface area contributed by atoms with E-state index >= 15 is 0 Å². The molecule has 0 fully saturated rings. The molecule has 9 nitrogen and oxygen atoms in total. The average molecular weight is 324 g/mol. The first-order chi connectivity index (χ1) is 9.54. The number of hydrogen-bond acceptors (Lipinski definition) is 6. The van der Waals surface area contributed by atoms with E-state index in [4.69, 9.17) is 34.6 Å². The fourth-order valence-electron chi connectivity index (χ4n) is 0.710. The third kappa shape index (κ3) is 14.2. The van der Waals surface area contributed by atoms with Gasteiger partial charge in [-0.05, 0) is 19.1 Å². The van der Waals surface area contributed by atoms with Crippen molar-refractivity contribution in [3.8, 4) is 0 Å². The smallest absolute Gasteiger partial charge is 0.329 e. The molecule has 10 heteroatoms. The number of aliphatic carboxylic acids is 2. The van der Waals surface area contributed by atoms with Gasteiger partial charge in [-0.15, -0.1) is 0 Å². The molecule has 0 atom stereocenters. The van der Waals surface area contributed by atoms with Crippen molar-refractivity contribution in [1.29, 1.82) is 0 Å². The summed E-state index contributed by atoms with van der Waals surface area (Å²) in [6.45, 7) is 0.285. The summed E-state index contributed by atoms with van der Waals surface area (Å²) in [5.41, 5.74) is 0.956. The Balaban J connectivity index is 0. The average Bonchev–Trinajstić information content (AvgIpc) is 2.39. The van der Waals surface area contributed by atoms with E-state index in [2.05, 4.69) is 0 Å². The van der Waals surface area contributed by atoms with Gasteiger partial charge in [0.2, 0.25) is 0 Å². The van der Waals surface area contributed by atoms with Crippen LogP contribution in [0.1, 0.15) is 5.56 Å². The molecule has 0 aliphatic carbocycles. The summed E-state index contributed by atoms with van der Waals surface area (Å²) in [4.78, 5) is 18.2. The van der Waals surface area contributed by atoms with E-state index in [0.717, 1.165) is 5.56 Å². The zero-order chi connectivity index (χ0) is 17.1. The third-order valence-corrected chi connectivity index (χ3v) is 2.46. The van der Waals surface area contributed by atoms with Crippen molar-refractivity contribution in [2.75, 3.05) is 13.2 Å². The van der Waals surface area contributed by atoms with Gasteiger partial charge in [-0.2, -0.15) is 8.42 Å². The number of aliphatic hydroxyl groups is 2. The van der Waals surface area contributed by atoms with Gasteiger partial charge in [0, 0.05) is 0 Å². The first-order valence-electron chi connectivity index (χ1n) is 5.24. The molecule has 0 spiro atoms. The van der Waals surface area contributed by atoms with Crippen LogP contribution >= 0.6 is 0 Å². The molecule has 0 aromatic heterocycles. The van der Waals surface area contributed by atoms with Crippen LogP contribution in [0.2, 0.25) is 0 Å². The Hall–Kier alpha value is -2.01. The molecule has 0 amide bonds. The summed E-state index contributed by atoms with van der Waals surface area (Å²) in [6.07, 6.45) is 0. The fraction of sp³-hybridized carbons (Fsp3) is 0.273. The minimum absolute atomic E-state index is 0.0666. The Morgan fingerprint density at radius 2 is 1.24 bits per heavy atom. The summed E-state index contributed by atoms with van der Waals surface area (Å²) in [5, 5.41) is 30.0. The summed E-state index contributed by atoms with van der Waals surface area (Å²) < 4.78 is 29.6. The van der Waals surface area contributed by atoms with Crippen molar-refractivity contribution < 1.29 is 43.0 Å². The lowest BCUT2D eigenvalue weighted by Gasteiger charge is -1.95. The molecule has 0 radical (unpaired) electrons. The molecular weight excluding hydrogens is 308 g/mol. The quantitative estimate of drug-likeness (QED) is 0.454. The SMILES string of the molecule is Cc1ccc(S(=O)(=O)O)cc1.O=C(O)CO.O=C(O)CO. The van der Waals surface area contributed by atoms with Crippen molar-refractivity contribution in [2.45, 2.75) is 11.8 Å². The number of hydrogen-bond donors (Lipinski definition) is 5. The zero-order valence-electron chi connectivity index (χ0n) is 11.0. The molecule has 0 heterocycles. The lowest BCUT2D eigenvalue weighted by Crippen LogP contribution is -1.98. The number of aliphatic hydroxyl groups excluding tert-OH is 2. The predicted octanol–water partition coefficient (Wildman–Crippen LogP) is -0.632. The minimum Gasteiger partial charge on any atom is -0.480 e. The highest BCUT2D eigenvalue weighted by atomic mass is 32.2. The second-order valence-electron chi connectivity index (χ2n) is 3.39. The first kappa shape index (κ1) is 21.3. The Morgan fingerprint density at radius 1 is 0.952 bits per heavy atom. The van der Waals surface area contributed by atoms with Crippen molar-refractivity contribution >= 4 is 22.1 Å². The largest absolute Gasteiger partial charge is 0.480 e. The Labute approximate surface area is 120 Å². The van der Waals surface area contributed by atoms with E-state index in [1.807, 2.05) is 6.92 Å². The van der Waals surface area contributed by atoms with Crippen LogP contribution < -0.4 is 0 Å². The van der Waals surface area contributed by atoms with Crippen LogP contribution in [-0.4, -0.2) is 58.5 Å². The molecule has 1 aromatic rings. The molecule has 0 saturated carbocycles. The number of benzene rings is 1. The van der Waals surface area contributed by atoms with Crippen molar-refractivity contribution in [2.24, 2.45) is 0 Å². The molecular formula is C11H16O9S. The first-order valence-corrected chi connectivity index (χ1v) is 6.68. The zero-order valence-corrected chi connectivity index (χ0v) is 11.8. The van der Waals surface area contributed by atoms with E-state index in [1.165, 1.54) is 12.1 Å². The van der Waals surface area contributed by atoms with E-state index in [0.29, 0.717) is 0 Å². The van der Waals surface area contributed by atoms with Gasteiger partial charge in [-0.1, -0.05) is 17.7 Å². The molecule has 0 aliphatic rings. The summed E-state index contributed by atoms with van der Waals surface area (Å²) in [6, 6.07) is 5.99. The second-order valence-corrected chi connectivity index (χ2v) is 4.81. The van der Waals surface area contributed by atoms with Gasteiger partial charge in [-0.25, -0.2) is 9.59 Å². The maximum Gasteiger partial charge on any atom is 0.329 e. The number of aryl methyl sites for hydroxylation is 1. The van der Waals surface area contributed by atoms with Gasteiger partial charge in [0.15, 0.2) is 0 Å². The standard InChI is InChI=1S/C7H8O3S.2C2H4O3/c1-6-2-4-7(5-3-6)11(8,9)10;2*3-1-2(4)5/h2-5H,1H3,(H,8,9,10);2*3H,1H2,(H,4,5). The van der Waals surface area contributed by atoms with Crippen LogP contribution in [0.4, 0.5) is 0 Å². The van der Waals surface area contributed by atoms with Gasteiger partial charge in [0.1, 0.15) is 13.2 Å². The molecule has 0 saturated heterocycles. The number of carboxylic acids is 2. The van der Waals surface area contributed by atoms with Crippen molar-refractivity contribution in [1.82, 2.24) is 0 Å². The fourth-order valence-corrected chi connectivity index (χ4v) is 1.19. The van der Waals surface area contributed by atoms with Gasteiger partial charge >= 0.3 is 11.9 Å². The minimum atomic E-state index is -4.02. The molecule has 0 aliphatic heterocycles. The Morgan fingerprint density at radius 3 is 1.43 bits per heavy atom. The number of carboxylic acid groups (broad SMARTS) is 2. The van der Waals surface area contributed by atoms with Crippen molar-refractivity contribution in [3.63, 3.8) is 0 Å². The van der Waals surface area contributed by atoms with Crippen LogP contribution in [0.5, 0.6) is 0 Å². The van der Waals surface area contributed by atoms with Crippen LogP contribution in [0.25, 0.3) is 0 Å². The maximum atomic E-state index is 10.5. The van der Waals surface area contributed by atoms with Crippen LogP contribution in [0.15, 0.2) is 29.2 Å². The Kier molecular flexibility index (Phi) is 10.9. The molecule has 120 valence electrons. The maximum absolute atomic E-state index is 10.5. The van der Waals surface area contributed by atoms with Gasteiger partial charge in [-0.3, -0.25) is 4.55 Å². The van der Waals surface area contributed by atoms with Crippen LogP contribution in [0.3, 0.4) is 0 Å². The second kappa shape index (κ2) is 10.7. The van der Waals surface area contributed by atoms with E-state index in [1.54, 1.807) is 12.1 Å². The van der Waals surface area contributed by atoms with Gasteiger partial charge in [0.05, 0.1) is 4.90 Å². The summed E-state index contributed by atoms with van der Waals surface area (Å²) >= 11 is 0. The van der Waals surface area contributed by atoms with Crippen LogP contribution in [0, 0.1) is 6.92 Å². The normalized spacial score (nSPS) is 9.52. The van der Waals surface area contributed by atoms with Crippen LogP contribution in [-0.2, 0) is 19.7 Å². The van der Waals surface area contributed by atoms with Crippen molar-refractivity contribution in [3.05, 3.63) is 29.8 Å². The lowest BCUT2D eigenvalue weighted by atomic mass is 10.2. The third-order valence-electron chi connectivity index (χ3n) is 1.59. The topological polar surface area (TPSA) is 169 Å².